The highest BCUT2D eigenvalue weighted by atomic mass is 14.9. The predicted octanol–water partition coefficient (Wildman–Crippen LogP) is 2.81. The Kier molecular flexibility index (Phi) is 2.53. The van der Waals surface area contributed by atoms with Crippen molar-refractivity contribution in [3.63, 3.8) is 0 Å². The van der Waals surface area contributed by atoms with E-state index in [0.29, 0.717) is 10.8 Å². The zero-order valence-corrected chi connectivity index (χ0v) is 9.20. The van der Waals surface area contributed by atoms with Crippen molar-refractivity contribution in [2.24, 2.45) is 10.8 Å². The normalized spacial score (nSPS) is 37.2. The Hall–Kier alpha value is -0.0400. The van der Waals surface area contributed by atoms with Crippen LogP contribution in [0.4, 0.5) is 0 Å². The molecule has 1 heteroatoms. The number of rotatable bonds is 1. The summed E-state index contributed by atoms with van der Waals surface area (Å²) in [6.07, 6.45) is 4.12. The summed E-state index contributed by atoms with van der Waals surface area (Å²) < 4.78 is 0. The predicted molar refractivity (Wildman–Crippen MR) is 54.3 cm³/mol. The fraction of sp³-hybridized carbons (Fsp3) is 1.00. The van der Waals surface area contributed by atoms with Crippen LogP contribution in [0.25, 0.3) is 0 Å². The number of nitrogens with one attached hydrogen (secondary N) is 1. The monoisotopic (exact) mass is 169 g/mol. The molecule has 72 valence electrons. The van der Waals surface area contributed by atoms with Crippen LogP contribution in [-0.2, 0) is 0 Å². The summed E-state index contributed by atoms with van der Waals surface area (Å²) in [6, 6.07) is 0.720. The smallest absolute Gasteiger partial charge is 0.0123 e. The van der Waals surface area contributed by atoms with Gasteiger partial charge in [0.05, 0.1) is 0 Å². The molecule has 1 aliphatic rings. The van der Waals surface area contributed by atoms with Gasteiger partial charge in [0.2, 0.25) is 0 Å². The van der Waals surface area contributed by atoms with E-state index < -0.39 is 0 Å². The van der Waals surface area contributed by atoms with Crippen LogP contribution in [0, 0.1) is 10.8 Å². The zero-order valence-electron chi connectivity index (χ0n) is 9.20. The summed E-state index contributed by atoms with van der Waals surface area (Å²) in [6.45, 7) is 9.52. The molecule has 0 heterocycles. The van der Waals surface area contributed by atoms with Crippen molar-refractivity contribution < 1.29 is 0 Å². The largest absolute Gasteiger partial charge is 0.316 e. The minimum Gasteiger partial charge on any atom is -0.316 e. The van der Waals surface area contributed by atoms with Crippen molar-refractivity contribution in [2.45, 2.75) is 53.0 Å². The SMILES string of the molecule is CNC1CCCC1(C)C(C)(C)C. The van der Waals surface area contributed by atoms with Gasteiger partial charge in [0.1, 0.15) is 0 Å². The molecular formula is C11H23N. The first kappa shape index (κ1) is 10.0. The summed E-state index contributed by atoms with van der Waals surface area (Å²) in [5.41, 5.74) is 0.916. The molecule has 0 aromatic heterocycles. The maximum Gasteiger partial charge on any atom is 0.0123 e. The Morgan fingerprint density at radius 3 is 2.25 bits per heavy atom. The van der Waals surface area contributed by atoms with Gasteiger partial charge < -0.3 is 5.32 Å². The molecule has 0 aliphatic heterocycles. The van der Waals surface area contributed by atoms with E-state index in [-0.39, 0.29) is 0 Å². The molecule has 1 rings (SSSR count). The lowest BCUT2D eigenvalue weighted by atomic mass is 9.65. The molecule has 1 nitrogen and oxygen atoms in total. The minimum atomic E-state index is 0.428. The lowest BCUT2D eigenvalue weighted by Gasteiger charge is -2.43. The van der Waals surface area contributed by atoms with Crippen molar-refractivity contribution in [3.8, 4) is 0 Å². The van der Waals surface area contributed by atoms with Gasteiger partial charge >= 0.3 is 0 Å². The lowest BCUT2D eigenvalue weighted by Crippen LogP contribution is -2.45. The number of hydrogen-bond acceptors (Lipinski definition) is 1. The first-order valence-corrected chi connectivity index (χ1v) is 5.09. The third-order valence-electron chi connectivity index (χ3n) is 4.02. The molecule has 2 unspecified atom stereocenters. The Balaban J connectivity index is 2.82. The van der Waals surface area contributed by atoms with Gasteiger partial charge in [0, 0.05) is 6.04 Å². The summed E-state index contributed by atoms with van der Waals surface area (Å²) >= 11 is 0. The van der Waals surface area contributed by atoms with E-state index in [1.54, 1.807) is 0 Å². The second-order valence-corrected chi connectivity index (χ2v) is 5.40. The van der Waals surface area contributed by atoms with Crippen LogP contribution in [0.1, 0.15) is 47.0 Å². The van der Waals surface area contributed by atoms with Crippen molar-refractivity contribution in [1.29, 1.82) is 0 Å². The van der Waals surface area contributed by atoms with E-state index in [4.69, 9.17) is 0 Å². The van der Waals surface area contributed by atoms with Crippen molar-refractivity contribution in [2.75, 3.05) is 7.05 Å². The van der Waals surface area contributed by atoms with Gasteiger partial charge in [-0.05, 0) is 30.7 Å². The minimum absolute atomic E-state index is 0.428. The van der Waals surface area contributed by atoms with Crippen LogP contribution < -0.4 is 5.32 Å². The Morgan fingerprint density at radius 1 is 1.33 bits per heavy atom. The Morgan fingerprint density at radius 2 is 1.92 bits per heavy atom. The highest BCUT2D eigenvalue weighted by Gasteiger charge is 2.46. The van der Waals surface area contributed by atoms with E-state index in [0.717, 1.165) is 6.04 Å². The van der Waals surface area contributed by atoms with Crippen LogP contribution in [0.2, 0.25) is 0 Å². The van der Waals surface area contributed by atoms with E-state index in [1.165, 1.54) is 19.3 Å². The summed E-state index contributed by atoms with van der Waals surface area (Å²) in [5.74, 6) is 0. The number of hydrogen-bond donors (Lipinski definition) is 1. The average molecular weight is 169 g/mol. The van der Waals surface area contributed by atoms with Gasteiger partial charge in [-0.25, -0.2) is 0 Å². The molecule has 0 saturated heterocycles. The molecule has 1 saturated carbocycles. The van der Waals surface area contributed by atoms with Gasteiger partial charge in [-0.1, -0.05) is 34.1 Å². The molecule has 1 fully saturated rings. The van der Waals surface area contributed by atoms with Crippen molar-refractivity contribution in [3.05, 3.63) is 0 Å². The molecule has 0 radical (unpaired) electrons. The molecule has 1 N–H and O–H groups in total. The molecule has 0 aromatic rings. The Bertz CT molecular complexity index is 157. The second-order valence-electron chi connectivity index (χ2n) is 5.40. The topological polar surface area (TPSA) is 12.0 Å². The van der Waals surface area contributed by atoms with Gasteiger partial charge in [0.25, 0.3) is 0 Å². The quantitative estimate of drug-likeness (QED) is 0.636. The van der Waals surface area contributed by atoms with Crippen molar-refractivity contribution in [1.82, 2.24) is 5.32 Å². The maximum absolute atomic E-state index is 3.46. The molecule has 1 aliphatic carbocycles. The average Bonchev–Trinajstić information content (AvgIpc) is 2.30. The first-order chi connectivity index (χ1) is 5.42. The maximum atomic E-state index is 3.46. The van der Waals surface area contributed by atoms with Crippen LogP contribution in [0.15, 0.2) is 0 Å². The standard InChI is InChI=1S/C11H23N/c1-10(2,3)11(4)8-6-7-9(11)12-5/h9,12H,6-8H2,1-5H3. The van der Waals surface area contributed by atoms with Crippen LogP contribution in [0.5, 0.6) is 0 Å². The van der Waals surface area contributed by atoms with E-state index in [1.807, 2.05) is 0 Å². The molecule has 0 bridgehead atoms. The molecule has 0 aromatic carbocycles. The van der Waals surface area contributed by atoms with Gasteiger partial charge in [-0.2, -0.15) is 0 Å². The van der Waals surface area contributed by atoms with E-state index in [2.05, 4.69) is 40.1 Å². The highest BCUT2D eigenvalue weighted by Crippen LogP contribution is 2.50. The molecule has 12 heavy (non-hydrogen) atoms. The van der Waals surface area contributed by atoms with E-state index >= 15 is 0 Å². The van der Waals surface area contributed by atoms with Crippen LogP contribution in [0.3, 0.4) is 0 Å². The van der Waals surface area contributed by atoms with Crippen LogP contribution >= 0.6 is 0 Å². The molecular weight excluding hydrogens is 146 g/mol. The summed E-state index contributed by atoms with van der Waals surface area (Å²) in [4.78, 5) is 0. The fourth-order valence-electron chi connectivity index (χ4n) is 2.53. The zero-order chi connectivity index (χ0) is 9.41. The third-order valence-corrected chi connectivity index (χ3v) is 4.02. The summed E-state index contributed by atoms with van der Waals surface area (Å²) in [5, 5.41) is 3.46. The highest BCUT2D eigenvalue weighted by molar-refractivity contribution is 4.99. The Labute approximate surface area is 76.9 Å². The first-order valence-electron chi connectivity index (χ1n) is 5.09. The van der Waals surface area contributed by atoms with E-state index in [9.17, 15) is 0 Å². The molecule has 0 amide bonds. The molecule has 2 atom stereocenters. The summed E-state index contributed by atoms with van der Waals surface area (Å²) in [7, 11) is 2.10. The second kappa shape index (κ2) is 3.02. The lowest BCUT2D eigenvalue weighted by molar-refractivity contribution is 0.0843. The fourth-order valence-corrected chi connectivity index (χ4v) is 2.53. The van der Waals surface area contributed by atoms with Gasteiger partial charge in [0.15, 0.2) is 0 Å². The van der Waals surface area contributed by atoms with Crippen LogP contribution in [-0.4, -0.2) is 13.1 Å². The van der Waals surface area contributed by atoms with Gasteiger partial charge in [-0.3, -0.25) is 0 Å². The third kappa shape index (κ3) is 1.39. The van der Waals surface area contributed by atoms with Crippen molar-refractivity contribution >= 4 is 0 Å². The molecule has 0 spiro atoms. The van der Waals surface area contributed by atoms with Gasteiger partial charge in [-0.15, -0.1) is 0 Å².